The fourth-order valence-corrected chi connectivity index (χ4v) is 3.03. The second-order valence-corrected chi connectivity index (χ2v) is 6.26. The summed E-state index contributed by atoms with van der Waals surface area (Å²) in [6.07, 6.45) is 3.82. The first-order valence-corrected chi connectivity index (χ1v) is 8.39. The molecule has 134 valence electrons. The number of hydrogen-bond donors (Lipinski definition) is 2. The van der Waals surface area contributed by atoms with E-state index in [-0.39, 0.29) is 23.6 Å². The Labute approximate surface area is 154 Å². The Bertz CT molecular complexity index is 890. The highest BCUT2D eigenvalue weighted by molar-refractivity contribution is 7.20. The lowest BCUT2D eigenvalue weighted by molar-refractivity contribution is -0.136. The molecule has 2 aromatic rings. The summed E-state index contributed by atoms with van der Waals surface area (Å²) in [5.74, 6) is -2.12. The summed E-state index contributed by atoms with van der Waals surface area (Å²) in [6, 6.07) is 9.43. The van der Waals surface area contributed by atoms with Gasteiger partial charge in [0.1, 0.15) is 0 Å². The second-order valence-electron chi connectivity index (χ2n) is 5.17. The number of nitrogens with one attached hydrogen (secondary N) is 1. The summed E-state index contributed by atoms with van der Waals surface area (Å²) in [7, 11) is 1.21. The van der Waals surface area contributed by atoms with Crippen molar-refractivity contribution in [3.05, 3.63) is 71.2 Å². The zero-order valence-electron chi connectivity index (χ0n) is 14.0. The molecular weight excluding hydrogens is 354 g/mol. The summed E-state index contributed by atoms with van der Waals surface area (Å²) in [6.45, 7) is 3.51. The van der Waals surface area contributed by atoms with E-state index in [1.165, 1.54) is 36.7 Å². The van der Waals surface area contributed by atoms with Gasteiger partial charge < -0.3 is 15.2 Å². The quantitative estimate of drug-likeness (QED) is 0.443. The Balaban J connectivity index is 2.02. The molecule has 0 aliphatic heterocycles. The molecule has 0 radical (unpaired) electrons. The maximum absolute atomic E-state index is 12.2. The summed E-state index contributed by atoms with van der Waals surface area (Å²) < 4.78 is 5.48. The summed E-state index contributed by atoms with van der Waals surface area (Å²) in [5, 5.41) is 12.8. The molecule has 0 saturated heterocycles. The number of esters is 1. The predicted molar refractivity (Wildman–Crippen MR) is 100 cm³/mol. The Kier molecular flexibility index (Phi) is 6.46. The van der Waals surface area contributed by atoms with Crippen LogP contribution in [-0.4, -0.2) is 36.6 Å². The van der Waals surface area contributed by atoms with Crippen LogP contribution in [0.15, 0.2) is 66.3 Å². The maximum atomic E-state index is 12.2. The molecule has 0 unspecified atom stereocenters. The van der Waals surface area contributed by atoms with Crippen LogP contribution in [0.5, 0.6) is 0 Å². The van der Waals surface area contributed by atoms with Crippen molar-refractivity contribution < 1.29 is 24.2 Å². The first-order chi connectivity index (χ1) is 12.4. The largest absolute Gasteiger partial charge is 0.478 e. The van der Waals surface area contributed by atoms with Crippen LogP contribution in [0.25, 0.3) is 10.1 Å². The maximum Gasteiger partial charge on any atom is 0.337 e. The molecule has 0 bridgehead atoms. The molecule has 1 aromatic heterocycles. The van der Waals surface area contributed by atoms with Gasteiger partial charge in [0.15, 0.2) is 0 Å². The fraction of sp³-hybridized carbons (Fsp3) is 0.105. The third kappa shape index (κ3) is 4.90. The van der Waals surface area contributed by atoms with E-state index < -0.39 is 11.9 Å². The van der Waals surface area contributed by atoms with E-state index in [2.05, 4.69) is 16.6 Å². The highest BCUT2D eigenvalue weighted by Crippen LogP contribution is 2.24. The van der Waals surface area contributed by atoms with E-state index in [4.69, 9.17) is 0 Å². The van der Waals surface area contributed by atoms with Crippen LogP contribution in [0.2, 0.25) is 0 Å². The number of methoxy groups -OCH3 is 1. The standard InChI is InChI=1S/C19H17NO5S/c1-12(19(24)25-2)7-8-13(18(22)23)9-10-20-17(21)16-11-14-5-3-4-6-15(14)26-16/h3-9,11H,1,10H2,2H3,(H,20,21)(H,22,23). The minimum absolute atomic E-state index is 0.0222. The van der Waals surface area contributed by atoms with Crippen LogP contribution in [0.1, 0.15) is 9.67 Å². The van der Waals surface area contributed by atoms with Gasteiger partial charge in [-0.1, -0.05) is 30.9 Å². The van der Waals surface area contributed by atoms with Crippen molar-refractivity contribution in [2.24, 2.45) is 0 Å². The van der Waals surface area contributed by atoms with E-state index in [0.29, 0.717) is 4.88 Å². The third-order valence-corrected chi connectivity index (χ3v) is 4.51. The molecule has 26 heavy (non-hydrogen) atoms. The zero-order chi connectivity index (χ0) is 19.1. The number of carbonyl (C=O) groups is 3. The van der Waals surface area contributed by atoms with Crippen LogP contribution in [0.3, 0.4) is 0 Å². The minimum Gasteiger partial charge on any atom is -0.478 e. The highest BCUT2D eigenvalue weighted by Gasteiger charge is 2.10. The molecule has 7 heteroatoms. The van der Waals surface area contributed by atoms with E-state index in [1.54, 1.807) is 6.07 Å². The van der Waals surface area contributed by atoms with Crippen LogP contribution in [0.4, 0.5) is 0 Å². The van der Waals surface area contributed by atoms with Crippen molar-refractivity contribution in [2.45, 2.75) is 0 Å². The zero-order valence-corrected chi connectivity index (χ0v) is 14.8. The summed E-state index contributed by atoms with van der Waals surface area (Å²) in [5.41, 5.74) is -0.0549. The third-order valence-electron chi connectivity index (χ3n) is 3.39. The van der Waals surface area contributed by atoms with Crippen LogP contribution >= 0.6 is 11.3 Å². The average Bonchev–Trinajstić information content (AvgIpc) is 3.07. The lowest BCUT2D eigenvalue weighted by atomic mass is 10.2. The number of rotatable bonds is 7. The number of aliphatic carboxylic acids is 1. The number of ether oxygens (including phenoxy) is 1. The Morgan fingerprint density at radius 3 is 2.65 bits per heavy atom. The molecule has 6 nitrogen and oxygen atoms in total. The van der Waals surface area contributed by atoms with E-state index >= 15 is 0 Å². The molecule has 0 aliphatic carbocycles. The van der Waals surface area contributed by atoms with Gasteiger partial charge in [0.05, 0.1) is 23.1 Å². The lowest BCUT2D eigenvalue weighted by Crippen LogP contribution is -2.22. The molecule has 2 rings (SSSR count). The van der Waals surface area contributed by atoms with E-state index in [9.17, 15) is 19.5 Å². The second kappa shape index (κ2) is 8.77. The van der Waals surface area contributed by atoms with Crippen molar-refractivity contribution in [3.8, 4) is 0 Å². The van der Waals surface area contributed by atoms with Crippen molar-refractivity contribution in [2.75, 3.05) is 13.7 Å². The first-order valence-electron chi connectivity index (χ1n) is 7.58. The van der Waals surface area contributed by atoms with Crippen LogP contribution < -0.4 is 5.32 Å². The number of thiophene rings is 1. The van der Waals surface area contributed by atoms with Gasteiger partial charge in [0.25, 0.3) is 5.91 Å². The van der Waals surface area contributed by atoms with Gasteiger partial charge in [-0.15, -0.1) is 11.3 Å². The lowest BCUT2D eigenvalue weighted by Gasteiger charge is -2.01. The molecule has 1 aromatic carbocycles. The van der Waals surface area contributed by atoms with Crippen LogP contribution in [0, 0.1) is 0 Å². The van der Waals surface area contributed by atoms with Gasteiger partial charge in [0, 0.05) is 11.2 Å². The first kappa shape index (κ1) is 19.1. The number of amides is 1. The van der Waals surface area contributed by atoms with Crippen molar-refractivity contribution in [1.82, 2.24) is 5.32 Å². The number of carboxylic acids is 1. The molecule has 1 amide bonds. The normalized spacial score (nSPS) is 11.5. The Morgan fingerprint density at radius 1 is 1.27 bits per heavy atom. The van der Waals surface area contributed by atoms with Gasteiger partial charge in [-0.25, -0.2) is 9.59 Å². The monoisotopic (exact) mass is 371 g/mol. The average molecular weight is 371 g/mol. The smallest absolute Gasteiger partial charge is 0.337 e. The summed E-state index contributed by atoms with van der Waals surface area (Å²) in [4.78, 5) is 35.2. The molecule has 1 heterocycles. The number of hydrogen-bond acceptors (Lipinski definition) is 5. The summed E-state index contributed by atoms with van der Waals surface area (Å²) >= 11 is 1.36. The number of fused-ring (bicyclic) bond motifs is 1. The highest BCUT2D eigenvalue weighted by atomic mass is 32.1. The van der Waals surface area contributed by atoms with Crippen molar-refractivity contribution >= 4 is 39.3 Å². The molecular formula is C19H17NO5S. The van der Waals surface area contributed by atoms with Crippen LogP contribution in [-0.2, 0) is 14.3 Å². The van der Waals surface area contributed by atoms with E-state index in [1.807, 2.05) is 24.3 Å². The molecule has 0 aliphatic rings. The Hall–Kier alpha value is -3.19. The van der Waals surface area contributed by atoms with Gasteiger partial charge in [-0.05, 0) is 29.7 Å². The van der Waals surface area contributed by atoms with Crippen molar-refractivity contribution in [1.29, 1.82) is 0 Å². The van der Waals surface area contributed by atoms with Gasteiger partial charge >= 0.3 is 11.9 Å². The minimum atomic E-state index is -1.19. The Morgan fingerprint density at radius 2 is 2.00 bits per heavy atom. The fourth-order valence-electron chi connectivity index (χ4n) is 2.05. The molecule has 0 saturated carbocycles. The number of benzene rings is 1. The topological polar surface area (TPSA) is 92.7 Å². The van der Waals surface area contributed by atoms with Gasteiger partial charge in [-0.2, -0.15) is 0 Å². The molecule has 2 N–H and O–H groups in total. The van der Waals surface area contributed by atoms with E-state index in [0.717, 1.165) is 10.1 Å². The number of carboxylic acid groups (broad SMARTS) is 1. The molecule has 0 fully saturated rings. The van der Waals surface area contributed by atoms with Gasteiger partial charge in [-0.3, -0.25) is 4.79 Å². The molecule has 0 spiro atoms. The number of carbonyl (C=O) groups excluding carboxylic acids is 2. The molecule has 0 atom stereocenters. The SMILES string of the molecule is C=C(C=CC(=CCNC(=O)c1cc2ccccc2s1)C(=O)O)C(=O)OC. The predicted octanol–water partition coefficient (Wildman–Crippen LogP) is 2.93. The van der Waals surface area contributed by atoms with Crippen molar-refractivity contribution in [3.63, 3.8) is 0 Å². The van der Waals surface area contributed by atoms with Gasteiger partial charge in [0.2, 0.25) is 0 Å².